The van der Waals surface area contributed by atoms with Crippen molar-refractivity contribution >= 4 is 24.2 Å². The predicted octanol–water partition coefficient (Wildman–Crippen LogP) is 2.87. The summed E-state index contributed by atoms with van der Waals surface area (Å²) in [7, 11) is 0. The number of halogens is 3. The number of hydrogen-bond donors (Lipinski definition) is 2. The molecule has 1 aromatic rings. The maximum atomic E-state index is 12.2. The summed E-state index contributed by atoms with van der Waals surface area (Å²) in [5.41, 5.74) is -1.82. The molecule has 0 atom stereocenters. The zero-order valence-electron chi connectivity index (χ0n) is 7.08. The second-order valence-electron chi connectivity index (χ2n) is 2.60. The first-order chi connectivity index (χ1) is 6.86. The van der Waals surface area contributed by atoms with Gasteiger partial charge in [0.2, 0.25) is 0 Å². The van der Waals surface area contributed by atoms with Gasteiger partial charge in [-0.05, 0) is 12.1 Å². The zero-order valence-corrected chi connectivity index (χ0v) is 7.97. The van der Waals surface area contributed by atoms with Crippen LogP contribution in [0.5, 0.6) is 0 Å². The van der Waals surface area contributed by atoms with Gasteiger partial charge in [-0.3, -0.25) is 10.1 Å². The fourth-order valence-electron chi connectivity index (χ4n) is 0.954. The molecule has 82 valence electrons. The number of nitrogens with one attached hydrogen (secondary N) is 1. The van der Waals surface area contributed by atoms with E-state index in [0.29, 0.717) is 6.07 Å². The van der Waals surface area contributed by atoms with E-state index >= 15 is 0 Å². The summed E-state index contributed by atoms with van der Waals surface area (Å²) in [6.45, 7) is 0. The predicted molar refractivity (Wildman–Crippen MR) is 50.7 cm³/mol. The first-order valence-corrected chi connectivity index (χ1v) is 4.06. The summed E-state index contributed by atoms with van der Waals surface area (Å²) < 4.78 is 38.8. The minimum atomic E-state index is -4.60. The highest BCUT2D eigenvalue weighted by atomic mass is 32.1. The highest BCUT2D eigenvalue weighted by Crippen LogP contribution is 2.34. The van der Waals surface area contributed by atoms with Gasteiger partial charge in [0, 0.05) is 6.07 Å². The molecule has 0 bridgehead atoms. The van der Waals surface area contributed by atoms with Crippen molar-refractivity contribution < 1.29 is 18.1 Å². The average Bonchev–Trinajstić information content (AvgIpc) is 2.15. The van der Waals surface area contributed by atoms with Gasteiger partial charge in [-0.1, -0.05) is 12.8 Å². The fraction of sp³-hybridized carbons (Fsp3) is 0.143. The standard InChI is InChI=1S/C7H5F3N2O2S/c8-7(9,10)4-1-2-5(11-15)6(3-4)12(13)14/h1-3,11,15H. The molecule has 0 fully saturated rings. The monoisotopic (exact) mass is 238 g/mol. The summed E-state index contributed by atoms with van der Waals surface area (Å²) in [5.74, 6) is 0. The van der Waals surface area contributed by atoms with Gasteiger partial charge in [-0.15, -0.1) is 0 Å². The summed E-state index contributed by atoms with van der Waals surface area (Å²) in [6.07, 6.45) is -4.60. The van der Waals surface area contributed by atoms with Crippen LogP contribution in [0.1, 0.15) is 5.56 Å². The van der Waals surface area contributed by atoms with E-state index in [0.717, 1.165) is 12.1 Å². The van der Waals surface area contributed by atoms with Gasteiger partial charge in [-0.25, -0.2) is 0 Å². The minimum Gasteiger partial charge on any atom is -0.327 e. The molecule has 1 N–H and O–H groups in total. The first kappa shape index (κ1) is 11.6. The number of anilines is 1. The fourth-order valence-corrected chi connectivity index (χ4v) is 1.14. The number of alkyl halides is 3. The number of benzene rings is 1. The van der Waals surface area contributed by atoms with Gasteiger partial charge in [0.1, 0.15) is 5.69 Å². The molecule has 0 spiro atoms. The van der Waals surface area contributed by atoms with Gasteiger partial charge in [0.25, 0.3) is 5.69 Å². The Balaban J connectivity index is 3.28. The van der Waals surface area contributed by atoms with Crippen LogP contribution in [0.3, 0.4) is 0 Å². The van der Waals surface area contributed by atoms with Crippen LogP contribution in [0, 0.1) is 10.1 Å². The van der Waals surface area contributed by atoms with E-state index in [1.54, 1.807) is 0 Å². The quantitative estimate of drug-likeness (QED) is 0.473. The molecule has 0 aliphatic heterocycles. The van der Waals surface area contributed by atoms with Crippen LogP contribution in [-0.4, -0.2) is 4.92 Å². The molecule has 0 radical (unpaired) electrons. The third kappa shape index (κ3) is 2.52. The molecule has 0 aliphatic carbocycles. The van der Waals surface area contributed by atoms with Crippen LogP contribution in [0.25, 0.3) is 0 Å². The van der Waals surface area contributed by atoms with E-state index < -0.39 is 22.4 Å². The molecule has 0 aromatic heterocycles. The molecule has 1 rings (SSSR count). The molecule has 4 nitrogen and oxygen atoms in total. The normalized spacial score (nSPS) is 11.2. The van der Waals surface area contributed by atoms with Crippen molar-refractivity contribution in [2.45, 2.75) is 6.18 Å². The topological polar surface area (TPSA) is 55.2 Å². The van der Waals surface area contributed by atoms with Crippen molar-refractivity contribution in [2.24, 2.45) is 0 Å². The average molecular weight is 238 g/mol. The number of nitro benzene ring substituents is 1. The van der Waals surface area contributed by atoms with Crippen molar-refractivity contribution in [1.82, 2.24) is 0 Å². The maximum absolute atomic E-state index is 12.2. The van der Waals surface area contributed by atoms with Crippen molar-refractivity contribution in [3.8, 4) is 0 Å². The van der Waals surface area contributed by atoms with E-state index in [1.807, 2.05) is 0 Å². The number of nitro groups is 1. The van der Waals surface area contributed by atoms with Crippen molar-refractivity contribution in [2.75, 3.05) is 4.72 Å². The third-order valence-electron chi connectivity index (χ3n) is 1.64. The molecular weight excluding hydrogens is 233 g/mol. The van der Waals surface area contributed by atoms with Gasteiger partial charge < -0.3 is 4.72 Å². The Labute approximate surface area is 87.8 Å². The van der Waals surface area contributed by atoms with Crippen LogP contribution in [0.2, 0.25) is 0 Å². The molecule has 8 heteroatoms. The van der Waals surface area contributed by atoms with Crippen LogP contribution in [-0.2, 0) is 6.18 Å². The lowest BCUT2D eigenvalue weighted by atomic mass is 10.1. The highest BCUT2D eigenvalue weighted by Gasteiger charge is 2.32. The van der Waals surface area contributed by atoms with Gasteiger partial charge in [-0.2, -0.15) is 13.2 Å². The molecule has 1 aromatic carbocycles. The van der Waals surface area contributed by atoms with E-state index in [2.05, 4.69) is 17.5 Å². The smallest absolute Gasteiger partial charge is 0.327 e. The largest absolute Gasteiger partial charge is 0.416 e. The van der Waals surface area contributed by atoms with Crippen molar-refractivity contribution in [1.29, 1.82) is 0 Å². The Kier molecular flexibility index (Phi) is 3.08. The Morgan fingerprint density at radius 3 is 2.40 bits per heavy atom. The van der Waals surface area contributed by atoms with Crippen LogP contribution in [0.4, 0.5) is 24.5 Å². The molecule has 0 saturated heterocycles. The molecule has 0 saturated carbocycles. The number of nitrogens with zero attached hydrogens (tertiary/aromatic N) is 1. The Morgan fingerprint density at radius 1 is 1.40 bits per heavy atom. The van der Waals surface area contributed by atoms with Crippen molar-refractivity contribution in [3.05, 3.63) is 33.9 Å². The summed E-state index contributed by atoms with van der Waals surface area (Å²) in [6, 6.07) is 2.15. The molecule has 0 unspecified atom stereocenters. The van der Waals surface area contributed by atoms with E-state index in [1.165, 1.54) is 0 Å². The van der Waals surface area contributed by atoms with Crippen LogP contribution >= 0.6 is 12.8 Å². The van der Waals surface area contributed by atoms with E-state index in [-0.39, 0.29) is 5.69 Å². The minimum absolute atomic E-state index is 0.0867. The van der Waals surface area contributed by atoms with Gasteiger partial charge in [0.15, 0.2) is 0 Å². The molecule has 15 heavy (non-hydrogen) atoms. The Morgan fingerprint density at radius 2 is 2.00 bits per heavy atom. The van der Waals surface area contributed by atoms with E-state index in [9.17, 15) is 23.3 Å². The van der Waals surface area contributed by atoms with Crippen LogP contribution < -0.4 is 4.72 Å². The van der Waals surface area contributed by atoms with E-state index in [4.69, 9.17) is 0 Å². The SMILES string of the molecule is O=[N+]([O-])c1cc(C(F)(F)F)ccc1NS. The Hall–Kier alpha value is -1.44. The Bertz CT molecular complexity index is 394. The van der Waals surface area contributed by atoms with Crippen LogP contribution in [0.15, 0.2) is 18.2 Å². The lowest BCUT2D eigenvalue weighted by Crippen LogP contribution is -2.06. The van der Waals surface area contributed by atoms with Gasteiger partial charge >= 0.3 is 6.18 Å². The molecule has 0 heterocycles. The number of hydrogen-bond acceptors (Lipinski definition) is 4. The molecular formula is C7H5F3N2O2S. The molecule has 0 aliphatic rings. The lowest BCUT2D eigenvalue weighted by Gasteiger charge is -2.07. The first-order valence-electron chi connectivity index (χ1n) is 3.62. The zero-order chi connectivity index (χ0) is 11.6. The summed E-state index contributed by atoms with van der Waals surface area (Å²) >= 11 is 3.55. The number of thiol groups is 1. The maximum Gasteiger partial charge on any atom is 0.416 e. The second-order valence-corrected chi connectivity index (χ2v) is 2.82. The number of rotatable bonds is 2. The highest BCUT2D eigenvalue weighted by molar-refractivity contribution is 7.81. The van der Waals surface area contributed by atoms with Gasteiger partial charge in [0.05, 0.1) is 10.5 Å². The summed E-state index contributed by atoms with van der Waals surface area (Å²) in [5, 5.41) is 10.4. The van der Waals surface area contributed by atoms with Crippen molar-refractivity contribution in [3.63, 3.8) is 0 Å². The molecule has 0 amide bonds. The second kappa shape index (κ2) is 3.97. The summed E-state index contributed by atoms with van der Waals surface area (Å²) in [4.78, 5) is 9.52. The third-order valence-corrected chi connectivity index (χ3v) is 1.88. The lowest BCUT2D eigenvalue weighted by molar-refractivity contribution is -0.384.